The number of anilines is 1. The Morgan fingerprint density at radius 3 is 2.19 bits per heavy atom. The summed E-state index contributed by atoms with van der Waals surface area (Å²) in [5, 5.41) is 1.85. The second-order valence-corrected chi connectivity index (χ2v) is 5.13. The number of carbonyl (C=O) groups is 1. The Bertz CT molecular complexity index is 707. The van der Waals surface area contributed by atoms with E-state index in [1.54, 1.807) is 19.1 Å². The van der Waals surface area contributed by atoms with E-state index < -0.39 is 34.9 Å². The molecule has 2 aromatic carbocycles. The van der Waals surface area contributed by atoms with Crippen molar-refractivity contribution >= 4 is 27.5 Å². The van der Waals surface area contributed by atoms with Gasteiger partial charge in [-0.1, -0.05) is 11.6 Å². The van der Waals surface area contributed by atoms with Gasteiger partial charge in [-0.3, -0.25) is 4.79 Å². The average Bonchev–Trinajstić information content (AvgIpc) is 2.43. The summed E-state index contributed by atoms with van der Waals surface area (Å²) in [6, 6.07) is 4.82. The predicted molar refractivity (Wildman–Crippen MR) is 73.1 cm³/mol. The van der Waals surface area contributed by atoms with Crippen molar-refractivity contribution in [1.82, 2.24) is 0 Å². The quantitative estimate of drug-likeness (QED) is 0.616. The maximum absolute atomic E-state index is 13.5. The largest absolute Gasteiger partial charge is 0.317 e. The minimum Gasteiger partial charge on any atom is -0.317 e. The lowest BCUT2D eigenvalue weighted by Gasteiger charge is -2.10. The van der Waals surface area contributed by atoms with Crippen LogP contribution in [0.3, 0.4) is 0 Å². The van der Waals surface area contributed by atoms with Crippen LogP contribution in [0.2, 0.25) is 0 Å². The van der Waals surface area contributed by atoms with E-state index in [1.165, 1.54) is 6.07 Å². The Balaban J connectivity index is 2.43. The molecule has 0 aliphatic rings. The van der Waals surface area contributed by atoms with Gasteiger partial charge in [0.25, 0.3) is 5.91 Å². The second kappa shape index (κ2) is 5.85. The Morgan fingerprint density at radius 2 is 1.62 bits per heavy atom. The first-order valence-electron chi connectivity index (χ1n) is 5.71. The zero-order valence-corrected chi connectivity index (χ0v) is 12.2. The fourth-order valence-electron chi connectivity index (χ4n) is 1.68. The monoisotopic (exact) mass is 361 g/mol. The SMILES string of the molecule is Cc1ccc(Br)c(C(=O)Nc2c(F)c(F)cc(F)c2F)c1. The minimum atomic E-state index is -1.66. The first-order valence-corrected chi connectivity index (χ1v) is 6.51. The molecule has 2 rings (SSSR count). The zero-order valence-electron chi connectivity index (χ0n) is 10.6. The van der Waals surface area contributed by atoms with Gasteiger partial charge >= 0.3 is 0 Å². The molecule has 2 aromatic rings. The van der Waals surface area contributed by atoms with E-state index in [0.717, 1.165) is 5.56 Å². The number of hydrogen-bond acceptors (Lipinski definition) is 1. The van der Waals surface area contributed by atoms with E-state index in [4.69, 9.17) is 0 Å². The molecule has 0 aliphatic heterocycles. The van der Waals surface area contributed by atoms with Crippen LogP contribution in [-0.2, 0) is 0 Å². The van der Waals surface area contributed by atoms with Crippen molar-refractivity contribution < 1.29 is 22.4 Å². The van der Waals surface area contributed by atoms with E-state index >= 15 is 0 Å². The third-order valence-corrected chi connectivity index (χ3v) is 3.41. The number of amides is 1. The third-order valence-electron chi connectivity index (χ3n) is 2.72. The number of halogens is 5. The molecule has 2 nitrogen and oxygen atoms in total. The highest BCUT2D eigenvalue weighted by molar-refractivity contribution is 9.10. The van der Waals surface area contributed by atoms with E-state index in [2.05, 4.69) is 15.9 Å². The molecule has 7 heteroatoms. The molecule has 0 bridgehead atoms. The van der Waals surface area contributed by atoms with Crippen LogP contribution in [0.1, 0.15) is 15.9 Å². The van der Waals surface area contributed by atoms with Gasteiger partial charge in [-0.2, -0.15) is 0 Å². The van der Waals surface area contributed by atoms with Crippen molar-refractivity contribution in [3.8, 4) is 0 Å². The lowest BCUT2D eigenvalue weighted by Crippen LogP contribution is -2.16. The molecule has 21 heavy (non-hydrogen) atoms. The number of hydrogen-bond donors (Lipinski definition) is 1. The van der Waals surface area contributed by atoms with E-state index in [1.807, 2.05) is 5.32 Å². The smallest absolute Gasteiger partial charge is 0.256 e. The Labute approximate surface area is 125 Å². The molecule has 0 unspecified atom stereocenters. The second-order valence-electron chi connectivity index (χ2n) is 4.28. The number of nitrogens with one attached hydrogen (secondary N) is 1. The summed E-state index contributed by atoms with van der Waals surface area (Å²) >= 11 is 3.11. The third kappa shape index (κ3) is 3.07. The normalized spacial score (nSPS) is 10.6. The minimum absolute atomic E-state index is 0.0723. The van der Waals surface area contributed by atoms with Crippen LogP contribution in [0, 0.1) is 30.2 Å². The van der Waals surface area contributed by atoms with Gasteiger partial charge in [0.1, 0.15) is 5.69 Å². The van der Waals surface area contributed by atoms with Crippen molar-refractivity contribution in [2.75, 3.05) is 5.32 Å². The van der Waals surface area contributed by atoms with E-state index in [9.17, 15) is 22.4 Å². The summed E-state index contributed by atoms with van der Waals surface area (Å²) in [5.41, 5.74) is -0.348. The van der Waals surface area contributed by atoms with Crippen LogP contribution in [0.5, 0.6) is 0 Å². The number of aryl methyl sites for hydroxylation is 1. The molecular weight excluding hydrogens is 354 g/mol. The molecule has 0 saturated heterocycles. The topological polar surface area (TPSA) is 29.1 Å². The van der Waals surface area contributed by atoms with Gasteiger partial charge in [0.2, 0.25) is 0 Å². The van der Waals surface area contributed by atoms with Gasteiger partial charge in [-0.05, 0) is 35.0 Å². The lowest BCUT2D eigenvalue weighted by atomic mass is 10.1. The molecule has 1 amide bonds. The van der Waals surface area contributed by atoms with E-state index in [0.29, 0.717) is 4.47 Å². The Kier molecular flexibility index (Phi) is 4.32. The molecule has 1 N–H and O–H groups in total. The molecule has 0 spiro atoms. The van der Waals surface area contributed by atoms with Gasteiger partial charge in [0.15, 0.2) is 23.3 Å². The van der Waals surface area contributed by atoms with Crippen LogP contribution < -0.4 is 5.32 Å². The number of benzene rings is 2. The molecule has 0 heterocycles. The van der Waals surface area contributed by atoms with Crippen molar-refractivity contribution in [2.24, 2.45) is 0 Å². The maximum atomic E-state index is 13.5. The van der Waals surface area contributed by atoms with Crippen LogP contribution in [0.4, 0.5) is 23.2 Å². The molecule has 0 saturated carbocycles. The lowest BCUT2D eigenvalue weighted by molar-refractivity contribution is 0.102. The van der Waals surface area contributed by atoms with E-state index in [-0.39, 0.29) is 11.6 Å². The highest BCUT2D eigenvalue weighted by atomic mass is 79.9. The zero-order chi connectivity index (χ0) is 15.7. The van der Waals surface area contributed by atoms with Crippen molar-refractivity contribution in [1.29, 1.82) is 0 Å². The van der Waals surface area contributed by atoms with Crippen LogP contribution in [0.25, 0.3) is 0 Å². The summed E-state index contributed by atoms with van der Waals surface area (Å²) in [7, 11) is 0. The first kappa shape index (κ1) is 15.5. The van der Waals surface area contributed by atoms with Crippen molar-refractivity contribution in [2.45, 2.75) is 6.92 Å². The standard InChI is InChI=1S/C14H8BrF4NO/c1-6-2-3-8(15)7(4-6)14(21)20-13-11(18)9(16)5-10(17)12(13)19/h2-5H,1H3,(H,20,21). The molecule has 0 aliphatic carbocycles. The van der Waals surface area contributed by atoms with Gasteiger partial charge < -0.3 is 5.32 Å². The van der Waals surface area contributed by atoms with Crippen LogP contribution in [-0.4, -0.2) is 5.91 Å². The Hall–Kier alpha value is -1.89. The van der Waals surface area contributed by atoms with Gasteiger partial charge in [0, 0.05) is 10.5 Å². The first-order chi connectivity index (χ1) is 9.81. The molecule has 0 radical (unpaired) electrons. The summed E-state index contributed by atoms with van der Waals surface area (Å²) in [6.07, 6.45) is 0. The average molecular weight is 362 g/mol. The van der Waals surface area contributed by atoms with Gasteiger partial charge in [0.05, 0.1) is 5.56 Å². The summed E-state index contributed by atoms with van der Waals surface area (Å²) in [5.74, 6) is -7.40. The van der Waals surface area contributed by atoms with Gasteiger partial charge in [-0.25, -0.2) is 17.6 Å². The highest BCUT2D eigenvalue weighted by Crippen LogP contribution is 2.26. The molecular formula is C14H8BrF4NO. The summed E-state index contributed by atoms with van der Waals surface area (Å²) in [6.45, 7) is 1.71. The highest BCUT2D eigenvalue weighted by Gasteiger charge is 2.22. The predicted octanol–water partition coefficient (Wildman–Crippen LogP) is 4.57. The fraction of sp³-hybridized carbons (Fsp3) is 0.0714. The summed E-state index contributed by atoms with van der Waals surface area (Å²) in [4.78, 5) is 12.0. The molecule has 0 fully saturated rings. The molecule has 0 atom stereocenters. The number of rotatable bonds is 2. The van der Waals surface area contributed by atoms with Crippen molar-refractivity contribution in [3.05, 3.63) is 63.1 Å². The molecule has 110 valence electrons. The van der Waals surface area contributed by atoms with Crippen LogP contribution >= 0.6 is 15.9 Å². The maximum Gasteiger partial charge on any atom is 0.256 e. The van der Waals surface area contributed by atoms with Crippen LogP contribution in [0.15, 0.2) is 28.7 Å². The summed E-state index contributed by atoms with van der Waals surface area (Å²) < 4.78 is 53.5. The number of carbonyl (C=O) groups excluding carboxylic acids is 1. The Morgan fingerprint density at radius 1 is 1.05 bits per heavy atom. The van der Waals surface area contributed by atoms with Crippen molar-refractivity contribution in [3.63, 3.8) is 0 Å². The fourth-order valence-corrected chi connectivity index (χ4v) is 2.10. The molecule has 0 aromatic heterocycles. The van der Waals surface area contributed by atoms with Gasteiger partial charge in [-0.15, -0.1) is 0 Å².